The molecule has 5 nitrogen and oxygen atoms in total. The first kappa shape index (κ1) is 17.0. The Labute approximate surface area is 126 Å². The van der Waals surface area contributed by atoms with Crippen LogP contribution in [0.3, 0.4) is 0 Å². The fraction of sp³-hybridized carbons (Fsp3) is 0.500. The highest BCUT2D eigenvalue weighted by atomic mass is 16.4. The van der Waals surface area contributed by atoms with Crippen LogP contribution in [0.1, 0.15) is 38.7 Å². The van der Waals surface area contributed by atoms with Gasteiger partial charge in [0.05, 0.1) is 5.92 Å². The van der Waals surface area contributed by atoms with E-state index in [4.69, 9.17) is 0 Å². The van der Waals surface area contributed by atoms with Crippen molar-refractivity contribution in [3.8, 4) is 0 Å². The van der Waals surface area contributed by atoms with Gasteiger partial charge in [0.1, 0.15) is 0 Å². The van der Waals surface area contributed by atoms with Gasteiger partial charge in [-0.1, -0.05) is 37.3 Å². The number of nitrogens with one attached hydrogen (secondary N) is 1. The molecule has 1 aromatic carbocycles. The fourth-order valence-electron chi connectivity index (χ4n) is 2.16. The highest BCUT2D eigenvalue weighted by Gasteiger charge is 2.22. The van der Waals surface area contributed by atoms with Crippen molar-refractivity contribution in [1.82, 2.24) is 10.2 Å². The summed E-state index contributed by atoms with van der Waals surface area (Å²) < 4.78 is 0. The topological polar surface area (TPSA) is 69.6 Å². The second-order valence-electron chi connectivity index (χ2n) is 5.27. The van der Waals surface area contributed by atoms with Crippen molar-refractivity contribution in [3.05, 3.63) is 35.9 Å². The minimum atomic E-state index is -0.937. The monoisotopic (exact) mass is 292 g/mol. The number of benzene rings is 1. The van der Waals surface area contributed by atoms with E-state index in [9.17, 15) is 14.7 Å². The van der Waals surface area contributed by atoms with E-state index in [-0.39, 0.29) is 18.6 Å². The molecule has 0 aliphatic heterocycles. The third-order valence-electron chi connectivity index (χ3n) is 3.31. The predicted molar refractivity (Wildman–Crippen MR) is 82.4 cm³/mol. The van der Waals surface area contributed by atoms with Crippen LogP contribution in [0.25, 0.3) is 0 Å². The molecule has 0 saturated carbocycles. The minimum Gasteiger partial charge on any atom is -0.481 e. The molecule has 1 atom stereocenters. The Bertz CT molecular complexity index is 460. The number of amides is 2. The van der Waals surface area contributed by atoms with Crippen LogP contribution in [0.2, 0.25) is 0 Å². The van der Waals surface area contributed by atoms with Crippen LogP contribution in [0.5, 0.6) is 0 Å². The van der Waals surface area contributed by atoms with Crippen LogP contribution < -0.4 is 5.32 Å². The second kappa shape index (κ2) is 8.29. The molecule has 0 saturated heterocycles. The lowest BCUT2D eigenvalue weighted by atomic mass is 9.99. The van der Waals surface area contributed by atoms with Crippen LogP contribution >= 0.6 is 0 Å². The lowest BCUT2D eigenvalue weighted by Gasteiger charge is -2.27. The summed E-state index contributed by atoms with van der Waals surface area (Å²) in [7, 11) is 0. The molecule has 5 heteroatoms. The second-order valence-corrected chi connectivity index (χ2v) is 5.27. The summed E-state index contributed by atoms with van der Waals surface area (Å²) in [5.74, 6) is -1.67. The third-order valence-corrected chi connectivity index (χ3v) is 3.31. The molecule has 2 amide bonds. The molecule has 0 bridgehead atoms. The largest absolute Gasteiger partial charge is 0.481 e. The van der Waals surface area contributed by atoms with Gasteiger partial charge in [-0.05, 0) is 25.8 Å². The lowest BCUT2D eigenvalue weighted by molar-refractivity contribution is -0.138. The van der Waals surface area contributed by atoms with E-state index < -0.39 is 11.9 Å². The van der Waals surface area contributed by atoms with Gasteiger partial charge in [0.15, 0.2) is 0 Å². The zero-order valence-electron chi connectivity index (χ0n) is 12.9. The zero-order chi connectivity index (χ0) is 15.8. The van der Waals surface area contributed by atoms with Crippen LogP contribution in [0.4, 0.5) is 4.79 Å². The van der Waals surface area contributed by atoms with Crippen molar-refractivity contribution < 1.29 is 14.7 Å². The Balaban J connectivity index is 2.69. The molecule has 1 rings (SSSR count). The van der Waals surface area contributed by atoms with Gasteiger partial charge in [-0.15, -0.1) is 0 Å². The van der Waals surface area contributed by atoms with Gasteiger partial charge in [-0.2, -0.15) is 0 Å². The first-order chi connectivity index (χ1) is 9.97. The van der Waals surface area contributed by atoms with Crippen molar-refractivity contribution in [3.63, 3.8) is 0 Å². The molecule has 0 spiro atoms. The lowest BCUT2D eigenvalue weighted by Crippen LogP contribution is -2.46. The van der Waals surface area contributed by atoms with Crippen molar-refractivity contribution in [1.29, 1.82) is 0 Å². The molecule has 1 aromatic rings. The SMILES string of the molecule is CCCN(C(=O)NCC(C(=O)O)c1ccccc1)C(C)C. The van der Waals surface area contributed by atoms with Crippen LogP contribution in [-0.2, 0) is 4.79 Å². The number of carbonyl (C=O) groups excluding carboxylic acids is 1. The number of carboxylic acid groups (broad SMARTS) is 1. The van der Waals surface area contributed by atoms with Crippen LogP contribution in [-0.4, -0.2) is 41.1 Å². The molecule has 0 heterocycles. The van der Waals surface area contributed by atoms with Gasteiger partial charge < -0.3 is 15.3 Å². The van der Waals surface area contributed by atoms with Crippen molar-refractivity contribution in [2.24, 2.45) is 0 Å². The summed E-state index contributed by atoms with van der Waals surface area (Å²) in [6.45, 7) is 6.65. The van der Waals surface area contributed by atoms with E-state index in [1.165, 1.54) is 0 Å². The fourth-order valence-corrected chi connectivity index (χ4v) is 2.16. The van der Waals surface area contributed by atoms with E-state index in [2.05, 4.69) is 5.32 Å². The Morgan fingerprint density at radius 1 is 1.24 bits per heavy atom. The molecule has 2 N–H and O–H groups in total. The van der Waals surface area contributed by atoms with E-state index in [0.717, 1.165) is 6.42 Å². The number of carboxylic acids is 1. The van der Waals surface area contributed by atoms with Gasteiger partial charge >= 0.3 is 12.0 Å². The summed E-state index contributed by atoms with van der Waals surface area (Å²) in [6.07, 6.45) is 0.868. The van der Waals surface area contributed by atoms with Gasteiger partial charge in [0.2, 0.25) is 0 Å². The average molecular weight is 292 g/mol. The Kier molecular flexibility index (Phi) is 6.72. The average Bonchev–Trinajstić information content (AvgIpc) is 2.45. The number of hydrogen-bond acceptors (Lipinski definition) is 2. The molecular weight excluding hydrogens is 268 g/mol. The van der Waals surface area contributed by atoms with Crippen LogP contribution in [0.15, 0.2) is 30.3 Å². The molecular formula is C16H24N2O3. The number of hydrogen-bond donors (Lipinski definition) is 2. The molecule has 0 fully saturated rings. The van der Waals surface area contributed by atoms with E-state index >= 15 is 0 Å². The minimum absolute atomic E-state index is 0.0879. The van der Waals surface area contributed by atoms with Gasteiger partial charge in [0.25, 0.3) is 0 Å². The van der Waals surface area contributed by atoms with E-state index in [1.807, 2.05) is 26.8 Å². The first-order valence-corrected chi connectivity index (χ1v) is 7.29. The highest BCUT2D eigenvalue weighted by Crippen LogP contribution is 2.15. The molecule has 0 aromatic heterocycles. The smallest absolute Gasteiger partial charge is 0.317 e. The summed E-state index contributed by atoms with van der Waals surface area (Å²) in [4.78, 5) is 25.2. The van der Waals surface area contributed by atoms with Gasteiger partial charge in [-0.3, -0.25) is 4.79 Å². The maximum absolute atomic E-state index is 12.2. The van der Waals surface area contributed by atoms with E-state index in [0.29, 0.717) is 12.1 Å². The number of urea groups is 1. The number of carbonyl (C=O) groups is 2. The van der Waals surface area contributed by atoms with Crippen molar-refractivity contribution in [2.45, 2.75) is 39.2 Å². The molecule has 0 aliphatic rings. The number of nitrogens with zero attached hydrogens (tertiary/aromatic N) is 1. The Morgan fingerprint density at radius 3 is 2.33 bits per heavy atom. The van der Waals surface area contributed by atoms with Gasteiger partial charge in [-0.25, -0.2) is 4.79 Å². The third kappa shape index (κ3) is 5.10. The summed E-state index contributed by atoms with van der Waals surface area (Å²) in [5.41, 5.74) is 0.692. The quantitative estimate of drug-likeness (QED) is 0.811. The normalized spacial score (nSPS) is 12.0. The predicted octanol–water partition coefficient (Wildman–Crippen LogP) is 2.68. The first-order valence-electron chi connectivity index (χ1n) is 7.29. The standard InChI is InChI=1S/C16H24N2O3/c1-4-10-18(12(2)3)16(21)17-11-14(15(19)20)13-8-6-5-7-9-13/h5-9,12,14H,4,10-11H2,1-3H3,(H,17,21)(H,19,20). The Morgan fingerprint density at radius 2 is 1.86 bits per heavy atom. The van der Waals surface area contributed by atoms with Gasteiger partial charge in [0, 0.05) is 19.1 Å². The molecule has 0 aliphatic carbocycles. The molecule has 0 radical (unpaired) electrons. The number of aliphatic carboxylic acids is 1. The maximum Gasteiger partial charge on any atom is 0.317 e. The Hall–Kier alpha value is -2.04. The summed E-state index contributed by atoms with van der Waals surface area (Å²) in [5, 5.41) is 12.1. The zero-order valence-corrected chi connectivity index (χ0v) is 12.9. The van der Waals surface area contributed by atoms with Crippen molar-refractivity contribution in [2.75, 3.05) is 13.1 Å². The maximum atomic E-state index is 12.2. The highest BCUT2D eigenvalue weighted by molar-refractivity contribution is 5.79. The molecule has 116 valence electrons. The van der Waals surface area contributed by atoms with Crippen LogP contribution in [0, 0.1) is 0 Å². The number of rotatable bonds is 7. The summed E-state index contributed by atoms with van der Waals surface area (Å²) >= 11 is 0. The molecule has 1 unspecified atom stereocenters. The molecule has 21 heavy (non-hydrogen) atoms. The van der Waals surface area contributed by atoms with Crippen molar-refractivity contribution >= 4 is 12.0 Å². The van der Waals surface area contributed by atoms with E-state index in [1.54, 1.807) is 29.2 Å². The summed E-state index contributed by atoms with van der Waals surface area (Å²) in [6, 6.07) is 8.82.